The number of rotatable bonds is 7. The van der Waals surface area contributed by atoms with Gasteiger partial charge in [-0.05, 0) is 50.7 Å². The highest BCUT2D eigenvalue weighted by Crippen LogP contribution is 2.39. The van der Waals surface area contributed by atoms with Crippen LogP contribution in [0.1, 0.15) is 43.9 Å². The molecule has 0 spiro atoms. The zero-order valence-corrected chi connectivity index (χ0v) is 17.5. The van der Waals surface area contributed by atoms with Crippen LogP contribution < -0.4 is 11.1 Å². The highest BCUT2D eigenvalue weighted by Gasteiger charge is 2.41. The van der Waals surface area contributed by atoms with Gasteiger partial charge in [-0.3, -0.25) is 4.79 Å². The second kappa shape index (κ2) is 8.56. The summed E-state index contributed by atoms with van der Waals surface area (Å²) in [5.74, 6) is 0.364. The Morgan fingerprint density at radius 2 is 1.96 bits per heavy atom. The SMILES string of the molecule is CC(CN)(NC(=O)Cc1ccc(S(=O)(=O)N2CCCCC2)s1)C1CC1.Cl. The number of piperidine rings is 1. The van der Waals surface area contributed by atoms with E-state index in [2.05, 4.69) is 5.32 Å². The van der Waals surface area contributed by atoms with Crippen LogP contribution in [0.15, 0.2) is 16.3 Å². The van der Waals surface area contributed by atoms with E-state index in [4.69, 9.17) is 5.73 Å². The fraction of sp³-hybridized carbons (Fsp3) is 0.706. The molecule has 2 aliphatic rings. The summed E-state index contributed by atoms with van der Waals surface area (Å²) in [6.45, 7) is 3.59. The van der Waals surface area contributed by atoms with E-state index >= 15 is 0 Å². The predicted octanol–water partition coefficient (Wildman–Crippen LogP) is 2.13. The highest BCUT2D eigenvalue weighted by atomic mass is 35.5. The summed E-state index contributed by atoms with van der Waals surface area (Å²) in [5.41, 5.74) is 5.49. The molecule has 0 aromatic carbocycles. The Morgan fingerprint density at radius 3 is 2.54 bits per heavy atom. The maximum atomic E-state index is 12.7. The Hall–Kier alpha value is -0.670. The van der Waals surface area contributed by atoms with E-state index in [-0.39, 0.29) is 30.3 Å². The molecular weight excluding hydrogens is 394 g/mol. The third kappa shape index (κ3) is 4.78. The number of halogens is 1. The van der Waals surface area contributed by atoms with E-state index in [0.29, 0.717) is 29.8 Å². The topological polar surface area (TPSA) is 92.5 Å². The van der Waals surface area contributed by atoms with Crippen molar-refractivity contribution in [2.24, 2.45) is 11.7 Å². The first-order valence-corrected chi connectivity index (χ1v) is 11.2. The lowest BCUT2D eigenvalue weighted by atomic mass is 9.96. The summed E-state index contributed by atoms with van der Waals surface area (Å²) >= 11 is 1.20. The van der Waals surface area contributed by atoms with Gasteiger partial charge in [0.25, 0.3) is 10.0 Å². The number of amides is 1. The molecule has 1 saturated heterocycles. The van der Waals surface area contributed by atoms with Crippen molar-refractivity contribution in [3.63, 3.8) is 0 Å². The van der Waals surface area contributed by atoms with Gasteiger partial charge in [0.05, 0.1) is 12.0 Å². The summed E-state index contributed by atoms with van der Waals surface area (Å²) in [5, 5.41) is 3.05. The van der Waals surface area contributed by atoms with E-state index in [1.165, 1.54) is 11.3 Å². The third-order valence-corrected chi connectivity index (χ3v) is 8.66. The summed E-state index contributed by atoms with van der Waals surface area (Å²) in [6.07, 6.45) is 5.32. The number of nitrogens with one attached hydrogen (secondary N) is 1. The lowest BCUT2D eigenvalue weighted by Crippen LogP contribution is -2.53. The number of hydrogen-bond donors (Lipinski definition) is 2. The zero-order chi connectivity index (χ0) is 18.1. The molecule has 3 rings (SSSR count). The van der Waals surface area contributed by atoms with Gasteiger partial charge in [-0.2, -0.15) is 4.31 Å². The molecule has 6 nitrogen and oxygen atoms in total. The van der Waals surface area contributed by atoms with Crippen LogP contribution in [0.25, 0.3) is 0 Å². The van der Waals surface area contributed by atoms with Gasteiger partial charge in [0.2, 0.25) is 5.91 Å². The summed E-state index contributed by atoms with van der Waals surface area (Å²) in [4.78, 5) is 13.1. The van der Waals surface area contributed by atoms with Crippen LogP contribution in [0, 0.1) is 5.92 Å². The minimum Gasteiger partial charge on any atom is -0.349 e. The fourth-order valence-corrected chi connectivity index (χ4v) is 6.41. The molecule has 0 radical (unpaired) electrons. The van der Waals surface area contributed by atoms with Crippen LogP contribution in [0.4, 0.5) is 0 Å². The molecule has 26 heavy (non-hydrogen) atoms. The lowest BCUT2D eigenvalue weighted by Gasteiger charge is -2.29. The van der Waals surface area contributed by atoms with E-state index in [1.807, 2.05) is 6.92 Å². The maximum absolute atomic E-state index is 12.7. The molecule has 2 fully saturated rings. The molecule has 1 aromatic heterocycles. The summed E-state index contributed by atoms with van der Waals surface area (Å²) in [6, 6.07) is 3.37. The average molecular weight is 422 g/mol. The van der Waals surface area contributed by atoms with Gasteiger partial charge in [0, 0.05) is 24.5 Å². The first-order valence-electron chi connectivity index (χ1n) is 8.95. The zero-order valence-electron chi connectivity index (χ0n) is 15.1. The molecule has 0 bridgehead atoms. The molecule has 3 N–H and O–H groups in total. The number of nitrogens with zero attached hydrogens (tertiary/aromatic N) is 1. The van der Waals surface area contributed by atoms with Gasteiger partial charge < -0.3 is 11.1 Å². The maximum Gasteiger partial charge on any atom is 0.252 e. The number of nitrogens with two attached hydrogens (primary N) is 1. The molecule has 1 saturated carbocycles. The van der Waals surface area contributed by atoms with Crippen molar-refractivity contribution in [2.45, 2.75) is 55.2 Å². The van der Waals surface area contributed by atoms with Crippen LogP contribution in [0.5, 0.6) is 0 Å². The molecule has 1 aliphatic carbocycles. The van der Waals surface area contributed by atoms with Crippen molar-refractivity contribution < 1.29 is 13.2 Å². The van der Waals surface area contributed by atoms with Crippen LogP contribution in [0.3, 0.4) is 0 Å². The molecule has 9 heteroatoms. The van der Waals surface area contributed by atoms with E-state index in [0.717, 1.165) is 37.0 Å². The van der Waals surface area contributed by atoms with Gasteiger partial charge in [-0.25, -0.2) is 8.42 Å². The highest BCUT2D eigenvalue weighted by molar-refractivity contribution is 7.91. The van der Waals surface area contributed by atoms with Crippen LogP contribution >= 0.6 is 23.7 Å². The van der Waals surface area contributed by atoms with Gasteiger partial charge >= 0.3 is 0 Å². The Balaban J connectivity index is 0.00000243. The predicted molar refractivity (Wildman–Crippen MR) is 106 cm³/mol. The van der Waals surface area contributed by atoms with Gasteiger partial charge in [-0.15, -0.1) is 23.7 Å². The number of carbonyl (C=O) groups excluding carboxylic acids is 1. The monoisotopic (exact) mass is 421 g/mol. The second-order valence-electron chi connectivity index (χ2n) is 7.31. The number of sulfonamides is 1. The minimum absolute atomic E-state index is 0. The van der Waals surface area contributed by atoms with Crippen LogP contribution in [-0.4, -0.2) is 43.8 Å². The van der Waals surface area contributed by atoms with Crippen molar-refractivity contribution in [2.75, 3.05) is 19.6 Å². The Labute approximate surface area is 166 Å². The average Bonchev–Trinajstić information content (AvgIpc) is 3.36. The molecule has 1 aliphatic heterocycles. The quantitative estimate of drug-likeness (QED) is 0.705. The largest absolute Gasteiger partial charge is 0.349 e. The molecule has 1 aromatic rings. The molecular formula is C17H28ClN3O3S2. The second-order valence-corrected chi connectivity index (χ2v) is 10.6. The van der Waals surface area contributed by atoms with E-state index in [1.54, 1.807) is 16.4 Å². The molecule has 1 amide bonds. The smallest absolute Gasteiger partial charge is 0.252 e. The van der Waals surface area contributed by atoms with Crippen LogP contribution in [-0.2, 0) is 21.2 Å². The van der Waals surface area contributed by atoms with Crippen molar-refractivity contribution in [3.8, 4) is 0 Å². The standard InChI is InChI=1S/C17H27N3O3S2.ClH/c1-17(12-18,13-5-6-13)19-15(21)11-14-7-8-16(24-14)25(22,23)20-9-3-2-4-10-20;/h7-8,13H,2-6,9-12,18H2,1H3,(H,19,21);1H. The van der Waals surface area contributed by atoms with Crippen molar-refractivity contribution >= 4 is 39.7 Å². The van der Waals surface area contributed by atoms with Crippen molar-refractivity contribution in [1.29, 1.82) is 0 Å². The molecule has 2 heterocycles. The normalized spacial score (nSPS) is 20.8. The minimum atomic E-state index is -3.42. The first-order chi connectivity index (χ1) is 11.8. The van der Waals surface area contributed by atoms with Gasteiger partial charge in [-0.1, -0.05) is 6.42 Å². The van der Waals surface area contributed by atoms with Crippen molar-refractivity contribution in [3.05, 3.63) is 17.0 Å². The first kappa shape index (κ1) is 21.6. The van der Waals surface area contributed by atoms with E-state index < -0.39 is 10.0 Å². The van der Waals surface area contributed by atoms with Gasteiger partial charge in [0.15, 0.2) is 0 Å². The fourth-order valence-electron chi connectivity index (χ4n) is 3.39. The Kier molecular flexibility index (Phi) is 7.12. The number of thiophene rings is 1. The Morgan fingerprint density at radius 1 is 1.31 bits per heavy atom. The number of carbonyl (C=O) groups is 1. The number of hydrogen-bond acceptors (Lipinski definition) is 5. The third-order valence-electron chi connectivity index (χ3n) is 5.21. The van der Waals surface area contributed by atoms with Crippen molar-refractivity contribution in [1.82, 2.24) is 9.62 Å². The Bertz CT molecular complexity index is 727. The molecule has 1 unspecified atom stereocenters. The van der Waals surface area contributed by atoms with Crippen LogP contribution in [0.2, 0.25) is 0 Å². The lowest BCUT2D eigenvalue weighted by molar-refractivity contribution is -0.122. The summed E-state index contributed by atoms with van der Waals surface area (Å²) < 4.78 is 27.3. The van der Waals surface area contributed by atoms with Gasteiger partial charge in [0.1, 0.15) is 4.21 Å². The molecule has 148 valence electrons. The summed E-state index contributed by atoms with van der Waals surface area (Å²) in [7, 11) is -3.42. The molecule has 1 atom stereocenters. The van der Waals surface area contributed by atoms with E-state index in [9.17, 15) is 13.2 Å².